The largest absolute Gasteiger partial charge is 0.357 e. The molecule has 26 heavy (non-hydrogen) atoms. The van der Waals surface area contributed by atoms with Crippen LogP contribution in [0.1, 0.15) is 48.5 Å². The lowest BCUT2D eigenvalue weighted by molar-refractivity contribution is 0.446. The van der Waals surface area contributed by atoms with Crippen LogP contribution in [0, 0.1) is 0 Å². The monoisotopic (exact) mass is 386 g/mol. The molecule has 3 aromatic rings. The van der Waals surface area contributed by atoms with E-state index >= 15 is 0 Å². The molecule has 1 aliphatic carbocycles. The van der Waals surface area contributed by atoms with E-state index in [-0.39, 0.29) is 0 Å². The number of aromatic amines is 1. The van der Waals surface area contributed by atoms with Crippen molar-refractivity contribution in [1.82, 2.24) is 10.3 Å². The minimum Gasteiger partial charge on any atom is -0.357 e. The number of halogens is 2. The molecule has 2 aromatic carbocycles. The van der Waals surface area contributed by atoms with E-state index in [0.717, 1.165) is 25.8 Å². The van der Waals surface area contributed by atoms with Crippen LogP contribution in [0.4, 0.5) is 0 Å². The number of rotatable bonds is 6. The first-order chi connectivity index (χ1) is 12.7. The molecule has 0 amide bonds. The predicted octanol–water partition coefficient (Wildman–Crippen LogP) is 6.46. The van der Waals surface area contributed by atoms with Gasteiger partial charge in [-0.25, -0.2) is 0 Å². The van der Waals surface area contributed by atoms with Gasteiger partial charge in [-0.3, -0.25) is 0 Å². The molecular formula is C22H24Cl2N2. The minimum absolute atomic E-state index is 0.455. The Hall–Kier alpha value is -1.48. The lowest BCUT2D eigenvalue weighted by Crippen LogP contribution is -2.26. The fourth-order valence-electron chi connectivity index (χ4n) is 4.04. The third-order valence-electron chi connectivity index (χ3n) is 5.38. The second-order valence-corrected chi connectivity index (χ2v) is 7.98. The Morgan fingerprint density at radius 2 is 1.92 bits per heavy atom. The first-order valence-corrected chi connectivity index (χ1v) is 10.2. The second kappa shape index (κ2) is 8.04. The first-order valence-electron chi connectivity index (χ1n) is 9.49. The molecule has 0 saturated heterocycles. The van der Waals surface area contributed by atoms with Crippen molar-refractivity contribution in [1.29, 1.82) is 0 Å². The molecule has 2 nitrogen and oxygen atoms in total. The molecule has 2 N–H and O–H groups in total. The number of fused-ring (bicyclic) bond motifs is 3. The number of benzene rings is 2. The van der Waals surface area contributed by atoms with Crippen LogP contribution in [0.2, 0.25) is 10.0 Å². The molecule has 1 unspecified atom stereocenters. The number of hydrogen-bond acceptors (Lipinski definition) is 1. The van der Waals surface area contributed by atoms with E-state index in [4.69, 9.17) is 23.2 Å². The Morgan fingerprint density at radius 1 is 1.04 bits per heavy atom. The van der Waals surface area contributed by atoms with Gasteiger partial charge in [0.2, 0.25) is 0 Å². The summed E-state index contributed by atoms with van der Waals surface area (Å²) < 4.78 is 0. The third kappa shape index (κ3) is 3.78. The highest BCUT2D eigenvalue weighted by molar-refractivity contribution is 6.42. The standard InChI is InChI=1S/C22H24Cl2N2/c23-18-12-11-15(14-19(18)24)6-3-4-13-25-21-10-5-8-17-16-7-1-2-9-20(16)26-22(17)21/h1-2,7,9,11-12,14,21,25-26H,3-6,8,10,13H2. The second-order valence-electron chi connectivity index (χ2n) is 7.17. The van der Waals surface area contributed by atoms with Gasteiger partial charge in [0.15, 0.2) is 0 Å². The van der Waals surface area contributed by atoms with Gasteiger partial charge in [0.1, 0.15) is 0 Å². The normalized spacial score (nSPS) is 16.8. The van der Waals surface area contributed by atoms with Crippen LogP contribution in [0.15, 0.2) is 42.5 Å². The molecule has 1 aromatic heterocycles. The van der Waals surface area contributed by atoms with Gasteiger partial charge in [-0.15, -0.1) is 0 Å². The molecule has 0 radical (unpaired) electrons. The zero-order valence-corrected chi connectivity index (χ0v) is 16.3. The smallest absolute Gasteiger partial charge is 0.0595 e. The molecule has 4 rings (SSSR count). The highest BCUT2D eigenvalue weighted by Gasteiger charge is 2.23. The van der Waals surface area contributed by atoms with Crippen molar-refractivity contribution in [2.24, 2.45) is 0 Å². The number of nitrogens with one attached hydrogen (secondary N) is 2. The van der Waals surface area contributed by atoms with E-state index in [1.54, 1.807) is 0 Å². The molecule has 0 aliphatic heterocycles. The summed E-state index contributed by atoms with van der Waals surface area (Å²) in [6.45, 7) is 1.04. The van der Waals surface area contributed by atoms with Crippen LogP contribution >= 0.6 is 23.2 Å². The van der Waals surface area contributed by atoms with Gasteiger partial charge >= 0.3 is 0 Å². The van der Waals surface area contributed by atoms with Crippen LogP contribution in [0.3, 0.4) is 0 Å². The Bertz CT molecular complexity index is 900. The molecular weight excluding hydrogens is 363 g/mol. The van der Waals surface area contributed by atoms with Gasteiger partial charge in [-0.2, -0.15) is 0 Å². The highest BCUT2D eigenvalue weighted by atomic mass is 35.5. The maximum Gasteiger partial charge on any atom is 0.0595 e. The summed E-state index contributed by atoms with van der Waals surface area (Å²) in [6, 6.07) is 15.1. The minimum atomic E-state index is 0.455. The van der Waals surface area contributed by atoms with E-state index < -0.39 is 0 Å². The molecule has 1 heterocycles. The van der Waals surface area contributed by atoms with Gasteiger partial charge in [0.25, 0.3) is 0 Å². The summed E-state index contributed by atoms with van der Waals surface area (Å²) in [5.41, 5.74) is 5.45. The summed E-state index contributed by atoms with van der Waals surface area (Å²) >= 11 is 12.1. The van der Waals surface area contributed by atoms with Gasteiger partial charge in [0.05, 0.1) is 10.0 Å². The topological polar surface area (TPSA) is 27.8 Å². The van der Waals surface area contributed by atoms with Crippen molar-refractivity contribution in [2.45, 2.75) is 44.6 Å². The summed E-state index contributed by atoms with van der Waals surface area (Å²) in [5, 5.41) is 6.44. The van der Waals surface area contributed by atoms with Gasteiger partial charge in [0, 0.05) is 22.6 Å². The van der Waals surface area contributed by atoms with E-state index in [0.29, 0.717) is 16.1 Å². The molecule has 0 fully saturated rings. The Balaban J connectivity index is 1.31. The van der Waals surface area contributed by atoms with E-state index in [2.05, 4.69) is 40.6 Å². The number of aryl methyl sites for hydroxylation is 2. The van der Waals surface area contributed by atoms with Crippen LogP contribution < -0.4 is 5.32 Å². The van der Waals surface area contributed by atoms with E-state index in [1.807, 2.05) is 12.1 Å². The van der Waals surface area contributed by atoms with Crippen molar-refractivity contribution >= 4 is 34.1 Å². The lowest BCUT2D eigenvalue weighted by Gasteiger charge is -2.24. The first kappa shape index (κ1) is 17.9. The average Bonchev–Trinajstić information content (AvgIpc) is 3.04. The van der Waals surface area contributed by atoms with Gasteiger partial charge in [-0.05, 0) is 74.4 Å². The quantitative estimate of drug-likeness (QED) is 0.467. The molecule has 0 saturated carbocycles. The third-order valence-corrected chi connectivity index (χ3v) is 6.12. The molecule has 4 heteroatoms. The van der Waals surface area contributed by atoms with Gasteiger partial charge in [-0.1, -0.05) is 47.5 Å². The summed E-state index contributed by atoms with van der Waals surface area (Å²) in [7, 11) is 0. The molecule has 0 bridgehead atoms. The van der Waals surface area contributed by atoms with E-state index in [9.17, 15) is 0 Å². The van der Waals surface area contributed by atoms with Crippen LogP contribution in [0.5, 0.6) is 0 Å². The number of hydrogen-bond donors (Lipinski definition) is 2. The van der Waals surface area contributed by atoms with E-state index in [1.165, 1.54) is 47.0 Å². The Morgan fingerprint density at radius 3 is 2.81 bits per heavy atom. The van der Waals surface area contributed by atoms with Crippen molar-refractivity contribution in [2.75, 3.05) is 6.54 Å². The van der Waals surface area contributed by atoms with Crippen LogP contribution in [-0.4, -0.2) is 11.5 Å². The average molecular weight is 387 g/mol. The molecule has 0 spiro atoms. The summed E-state index contributed by atoms with van der Waals surface area (Å²) in [6.07, 6.45) is 7.02. The molecule has 136 valence electrons. The number of para-hydroxylation sites is 1. The van der Waals surface area contributed by atoms with Crippen LogP contribution in [0.25, 0.3) is 10.9 Å². The van der Waals surface area contributed by atoms with Gasteiger partial charge < -0.3 is 10.3 Å². The number of aromatic nitrogens is 1. The van der Waals surface area contributed by atoms with Crippen molar-refractivity contribution in [3.63, 3.8) is 0 Å². The fourth-order valence-corrected chi connectivity index (χ4v) is 4.37. The zero-order chi connectivity index (χ0) is 17.9. The summed E-state index contributed by atoms with van der Waals surface area (Å²) in [5.74, 6) is 0. The molecule has 1 atom stereocenters. The predicted molar refractivity (Wildman–Crippen MR) is 111 cm³/mol. The fraction of sp³-hybridized carbons (Fsp3) is 0.364. The highest BCUT2D eigenvalue weighted by Crippen LogP contribution is 2.34. The molecule has 1 aliphatic rings. The maximum atomic E-state index is 6.09. The number of unbranched alkanes of at least 4 members (excludes halogenated alkanes) is 1. The summed E-state index contributed by atoms with van der Waals surface area (Å²) in [4.78, 5) is 3.65. The number of H-pyrrole nitrogens is 1. The lowest BCUT2D eigenvalue weighted by atomic mass is 9.91. The Labute approximate surface area is 164 Å². The van der Waals surface area contributed by atoms with Crippen molar-refractivity contribution in [3.05, 3.63) is 69.3 Å². The van der Waals surface area contributed by atoms with Crippen molar-refractivity contribution in [3.8, 4) is 0 Å². The van der Waals surface area contributed by atoms with Crippen molar-refractivity contribution < 1.29 is 0 Å². The zero-order valence-electron chi connectivity index (χ0n) is 14.8. The SMILES string of the molecule is Clc1ccc(CCCCNC2CCCc3c2[nH]c2ccccc32)cc1Cl. The van der Waals surface area contributed by atoms with Crippen LogP contribution in [-0.2, 0) is 12.8 Å². The maximum absolute atomic E-state index is 6.09. The Kier molecular flexibility index (Phi) is 5.54.